The molecule has 3 aromatic rings. The summed E-state index contributed by atoms with van der Waals surface area (Å²) >= 11 is 0. The number of rotatable bonds is 13. The van der Waals surface area contributed by atoms with E-state index in [1.165, 1.54) is 0 Å². The summed E-state index contributed by atoms with van der Waals surface area (Å²) in [6, 6.07) is 31.1. The summed E-state index contributed by atoms with van der Waals surface area (Å²) in [6.45, 7) is 3.13. The van der Waals surface area contributed by atoms with Gasteiger partial charge >= 0.3 is 0 Å². The van der Waals surface area contributed by atoms with Crippen molar-refractivity contribution >= 4 is 5.91 Å². The van der Waals surface area contributed by atoms with Gasteiger partial charge in [0.05, 0.1) is 5.54 Å². The minimum Gasteiger partial charge on any atom is -0.383 e. The normalized spacial score (nSPS) is 12.3. The van der Waals surface area contributed by atoms with Crippen LogP contribution in [0, 0.1) is 0 Å². The topological polar surface area (TPSA) is 61.4 Å². The van der Waals surface area contributed by atoms with Crippen LogP contribution in [0.15, 0.2) is 91.0 Å². The van der Waals surface area contributed by atoms with E-state index < -0.39 is 11.6 Å². The van der Waals surface area contributed by atoms with E-state index in [2.05, 4.69) is 54.0 Å². The van der Waals surface area contributed by atoms with Crippen LogP contribution in [0.3, 0.4) is 0 Å². The number of carbonyl (C=O) groups is 1. The summed E-state index contributed by atoms with van der Waals surface area (Å²) in [7, 11) is 0. The zero-order valence-electron chi connectivity index (χ0n) is 19.5. The molecule has 0 saturated carbocycles. The minimum atomic E-state index is -0.941. The third-order valence-corrected chi connectivity index (χ3v) is 6.07. The summed E-state index contributed by atoms with van der Waals surface area (Å²) in [5.74, 6) is -0.293. The van der Waals surface area contributed by atoms with Crippen molar-refractivity contribution in [1.82, 2.24) is 10.6 Å². The highest BCUT2D eigenvalue weighted by Gasteiger charge is 2.35. The fourth-order valence-electron chi connectivity index (χ4n) is 4.32. The molecule has 3 N–H and O–H groups in total. The molecule has 0 radical (unpaired) electrons. The molecule has 33 heavy (non-hydrogen) atoms. The molecule has 0 spiro atoms. The summed E-state index contributed by atoms with van der Waals surface area (Å²) < 4.78 is 0. The number of hydrogen-bond donors (Lipinski definition) is 3. The van der Waals surface area contributed by atoms with Crippen molar-refractivity contribution in [3.05, 3.63) is 108 Å². The summed E-state index contributed by atoms with van der Waals surface area (Å²) in [5.41, 5.74) is 2.83. The van der Waals surface area contributed by atoms with E-state index in [4.69, 9.17) is 0 Å². The summed E-state index contributed by atoms with van der Waals surface area (Å²) in [6.07, 6.45) is 3.78. The minimum absolute atomic E-state index is 0.293. The first-order valence-electron chi connectivity index (χ1n) is 12.1. The van der Waals surface area contributed by atoms with Gasteiger partial charge in [-0.15, -0.1) is 0 Å². The first kappa shape index (κ1) is 24.7. The number of carbonyl (C=O) groups excluding carboxylic acids is 1. The number of hydrogen-bond acceptors (Lipinski definition) is 3. The maximum absolute atomic E-state index is 12.4. The van der Waals surface area contributed by atoms with Crippen LogP contribution in [0.4, 0.5) is 0 Å². The standard InChI is InChI=1S/C29H36N2O2/c1-2-3-4-14-21-27(32)28(33)30-22-23-31-29(24-15-8-5-9-16-24,25-17-10-6-11-18-25)26-19-12-7-13-20-26/h5-13,15-20,27,31-32H,2-4,14,21-23H2,1H3,(H,30,33). The zero-order chi connectivity index (χ0) is 23.4. The van der Waals surface area contributed by atoms with Crippen LogP contribution in [-0.2, 0) is 10.3 Å². The lowest BCUT2D eigenvalue weighted by Gasteiger charge is -2.37. The van der Waals surface area contributed by atoms with Gasteiger partial charge in [-0.1, -0.05) is 124 Å². The number of nitrogens with one attached hydrogen (secondary N) is 2. The predicted octanol–water partition coefficient (Wildman–Crippen LogP) is 5.02. The Morgan fingerprint density at radius 3 is 1.70 bits per heavy atom. The molecule has 0 aromatic heterocycles. The Morgan fingerprint density at radius 1 is 0.758 bits per heavy atom. The lowest BCUT2D eigenvalue weighted by Crippen LogP contribution is -2.48. The Bertz CT molecular complexity index is 848. The van der Waals surface area contributed by atoms with Crippen LogP contribution in [0.25, 0.3) is 0 Å². The van der Waals surface area contributed by atoms with Gasteiger partial charge in [0.1, 0.15) is 6.10 Å². The van der Waals surface area contributed by atoms with E-state index in [-0.39, 0.29) is 5.91 Å². The smallest absolute Gasteiger partial charge is 0.248 e. The lowest BCUT2D eigenvalue weighted by molar-refractivity contribution is -0.129. The first-order valence-corrected chi connectivity index (χ1v) is 12.1. The van der Waals surface area contributed by atoms with E-state index in [9.17, 15) is 9.90 Å². The van der Waals surface area contributed by atoms with Gasteiger partial charge in [-0.25, -0.2) is 0 Å². The number of aliphatic hydroxyl groups is 1. The maximum atomic E-state index is 12.4. The third-order valence-electron chi connectivity index (χ3n) is 6.07. The van der Waals surface area contributed by atoms with Gasteiger partial charge in [-0.3, -0.25) is 10.1 Å². The molecule has 3 rings (SSSR count). The zero-order valence-corrected chi connectivity index (χ0v) is 19.5. The second kappa shape index (κ2) is 12.9. The monoisotopic (exact) mass is 444 g/mol. The van der Waals surface area contributed by atoms with Crippen molar-refractivity contribution < 1.29 is 9.90 Å². The van der Waals surface area contributed by atoms with Crippen LogP contribution < -0.4 is 10.6 Å². The molecule has 0 aliphatic carbocycles. The second-order valence-electron chi connectivity index (χ2n) is 8.43. The number of aliphatic hydroxyl groups excluding tert-OH is 1. The van der Waals surface area contributed by atoms with E-state index in [1.807, 2.05) is 54.6 Å². The Hall–Kier alpha value is -2.95. The van der Waals surface area contributed by atoms with Crippen LogP contribution in [0.1, 0.15) is 55.7 Å². The molecule has 0 fully saturated rings. The molecule has 4 nitrogen and oxygen atoms in total. The summed E-state index contributed by atoms with van der Waals surface area (Å²) in [4.78, 5) is 12.4. The van der Waals surface area contributed by atoms with Gasteiger partial charge in [0.2, 0.25) is 5.91 Å². The fraction of sp³-hybridized carbons (Fsp3) is 0.345. The van der Waals surface area contributed by atoms with E-state index in [1.54, 1.807) is 0 Å². The largest absolute Gasteiger partial charge is 0.383 e. The average molecular weight is 445 g/mol. The van der Waals surface area contributed by atoms with Crippen molar-refractivity contribution in [2.45, 2.75) is 50.7 Å². The van der Waals surface area contributed by atoms with Gasteiger partial charge in [0.15, 0.2) is 0 Å². The van der Waals surface area contributed by atoms with Crippen molar-refractivity contribution in [2.75, 3.05) is 13.1 Å². The molecular weight excluding hydrogens is 408 g/mol. The quantitative estimate of drug-likeness (QED) is 0.256. The second-order valence-corrected chi connectivity index (χ2v) is 8.43. The van der Waals surface area contributed by atoms with Gasteiger partial charge in [0.25, 0.3) is 0 Å². The fourth-order valence-corrected chi connectivity index (χ4v) is 4.32. The highest BCUT2D eigenvalue weighted by molar-refractivity contribution is 5.80. The van der Waals surface area contributed by atoms with Crippen molar-refractivity contribution in [2.24, 2.45) is 0 Å². The predicted molar refractivity (Wildman–Crippen MR) is 135 cm³/mol. The molecule has 0 heterocycles. The van der Waals surface area contributed by atoms with Gasteiger partial charge in [-0.2, -0.15) is 0 Å². The molecule has 1 unspecified atom stereocenters. The Kier molecular flexibility index (Phi) is 9.67. The molecule has 1 amide bonds. The summed E-state index contributed by atoms with van der Waals surface area (Å²) in [5, 5.41) is 16.8. The Balaban J connectivity index is 1.75. The van der Waals surface area contributed by atoms with Gasteiger partial charge < -0.3 is 10.4 Å². The van der Waals surface area contributed by atoms with Crippen LogP contribution in [-0.4, -0.2) is 30.2 Å². The number of unbranched alkanes of at least 4 members (excludes halogenated alkanes) is 3. The van der Waals surface area contributed by atoms with E-state index in [0.717, 1.165) is 42.4 Å². The average Bonchev–Trinajstić information content (AvgIpc) is 2.88. The molecule has 0 aliphatic heterocycles. The van der Waals surface area contributed by atoms with E-state index >= 15 is 0 Å². The Labute approximate surface area is 198 Å². The molecule has 4 heteroatoms. The molecular formula is C29H36N2O2. The van der Waals surface area contributed by atoms with Gasteiger partial charge in [0, 0.05) is 13.1 Å². The van der Waals surface area contributed by atoms with Crippen LogP contribution >= 0.6 is 0 Å². The van der Waals surface area contributed by atoms with Crippen LogP contribution in [0.2, 0.25) is 0 Å². The molecule has 3 aromatic carbocycles. The van der Waals surface area contributed by atoms with Crippen LogP contribution in [0.5, 0.6) is 0 Å². The molecule has 1 atom stereocenters. The SMILES string of the molecule is CCCCCCC(O)C(=O)NCCNC(c1ccccc1)(c1ccccc1)c1ccccc1. The van der Waals surface area contributed by atoms with Crippen molar-refractivity contribution in [1.29, 1.82) is 0 Å². The molecule has 0 aliphatic rings. The molecule has 174 valence electrons. The molecule has 0 saturated heterocycles. The Morgan fingerprint density at radius 2 is 1.24 bits per heavy atom. The van der Waals surface area contributed by atoms with Crippen molar-refractivity contribution in [3.8, 4) is 0 Å². The number of benzene rings is 3. The van der Waals surface area contributed by atoms with Gasteiger partial charge in [-0.05, 0) is 23.1 Å². The third kappa shape index (κ3) is 6.53. The molecule has 0 bridgehead atoms. The number of amides is 1. The van der Waals surface area contributed by atoms with E-state index in [0.29, 0.717) is 19.5 Å². The highest BCUT2D eigenvalue weighted by Crippen LogP contribution is 2.36. The first-order chi connectivity index (χ1) is 16.2. The lowest BCUT2D eigenvalue weighted by atomic mass is 9.77. The maximum Gasteiger partial charge on any atom is 0.248 e. The van der Waals surface area contributed by atoms with Crippen molar-refractivity contribution in [3.63, 3.8) is 0 Å². The highest BCUT2D eigenvalue weighted by atomic mass is 16.3.